The minimum absolute atomic E-state index is 0.275. The second kappa shape index (κ2) is 4.44. The van der Waals surface area contributed by atoms with Gasteiger partial charge in [-0.2, -0.15) is 0 Å². The first-order valence-electron chi connectivity index (χ1n) is 5.89. The van der Waals surface area contributed by atoms with Gasteiger partial charge in [-0.1, -0.05) is 0 Å². The van der Waals surface area contributed by atoms with Gasteiger partial charge in [-0.15, -0.1) is 0 Å². The van der Waals surface area contributed by atoms with Crippen LogP contribution in [0.4, 0.5) is 0 Å². The first-order valence-corrected chi connectivity index (χ1v) is 7.44. The highest BCUT2D eigenvalue weighted by Crippen LogP contribution is 2.34. The van der Waals surface area contributed by atoms with Crippen molar-refractivity contribution < 1.29 is 22.6 Å². The van der Waals surface area contributed by atoms with Gasteiger partial charge >= 0.3 is 0 Å². The van der Waals surface area contributed by atoms with Crippen molar-refractivity contribution in [3.05, 3.63) is 18.2 Å². The van der Waals surface area contributed by atoms with E-state index in [0.717, 1.165) is 0 Å². The van der Waals surface area contributed by atoms with Crippen molar-refractivity contribution >= 4 is 9.84 Å². The molecule has 0 bridgehead atoms. The molecule has 1 atom stereocenters. The predicted molar refractivity (Wildman–Crippen MR) is 63.8 cm³/mol. The topological polar surface area (TPSA) is 61.8 Å². The van der Waals surface area contributed by atoms with E-state index in [0.29, 0.717) is 37.7 Å². The van der Waals surface area contributed by atoms with E-state index < -0.39 is 15.1 Å². The Labute approximate surface area is 106 Å². The summed E-state index contributed by atoms with van der Waals surface area (Å²) in [5.74, 6) is 1.10. The van der Waals surface area contributed by atoms with Crippen molar-refractivity contribution in [2.45, 2.75) is 16.6 Å². The maximum Gasteiger partial charge on any atom is 0.183 e. The molecule has 0 amide bonds. The Hall–Kier alpha value is -1.27. The molecule has 6 heteroatoms. The highest BCUT2D eigenvalue weighted by atomic mass is 32.2. The summed E-state index contributed by atoms with van der Waals surface area (Å²) in [6, 6.07) is 4.76. The van der Waals surface area contributed by atoms with E-state index in [1.807, 2.05) is 0 Å². The molecule has 1 saturated heterocycles. The van der Waals surface area contributed by atoms with Crippen LogP contribution < -0.4 is 9.47 Å². The molecule has 0 saturated carbocycles. The van der Waals surface area contributed by atoms with Crippen LogP contribution in [0, 0.1) is 0 Å². The average molecular weight is 270 g/mol. The summed E-state index contributed by atoms with van der Waals surface area (Å²) in [6.45, 7) is 1.73. The van der Waals surface area contributed by atoms with Crippen LogP contribution in [-0.2, 0) is 14.6 Å². The number of benzene rings is 1. The number of hydrogen-bond donors (Lipinski definition) is 0. The van der Waals surface area contributed by atoms with Crippen LogP contribution in [0.3, 0.4) is 0 Å². The van der Waals surface area contributed by atoms with Crippen LogP contribution in [0.15, 0.2) is 23.1 Å². The van der Waals surface area contributed by atoms with Crippen molar-refractivity contribution in [3.8, 4) is 11.5 Å². The molecular weight excluding hydrogens is 256 g/mol. The van der Waals surface area contributed by atoms with Gasteiger partial charge in [0.25, 0.3) is 0 Å². The normalized spacial score (nSPS) is 23.0. The van der Waals surface area contributed by atoms with Crippen molar-refractivity contribution in [2.24, 2.45) is 0 Å². The summed E-state index contributed by atoms with van der Waals surface area (Å²) in [5.41, 5.74) is 0. The monoisotopic (exact) mass is 270 g/mol. The second-order valence-corrected chi connectivity index (χ2v) is 6.56. The Morgan fingerprint density at radius 1 is 1.06 bits per heavy atom. The zero-order chi connectivity index (χ0) is 12.6. The van der Waals surface area contributed by atoms with E-state index in [9.17, 15) is 8.42 Å². The highest BCUT2D eigenvalue weighted by Gasteiger charge is 2.32. The van der Waals surface area contributed by atoms with E-state index in [1.165, 1.54) is 0 Å². The Balaban J connectivity index is 1.96. The first kappa shape index (κ1) is 11.8. The van der Waals surface area contributed by atoms with Gasteiger partial charge in [0.15, 0.2) is 21.3 Å². The molecule has 2 aliphatic rings. The van der Waals surface area contributed by atoms with E-state index >= 15 is 0 Å². The second-order valence-electron chi connectivity index (χ2n) is 4.34. The molecule has 1 fully saturated rings. The van der Waals surface area contributed by atoms with Crippen molar-refractivity contribution in [1.82, 2.24) is 0 Å². The molecule has 2 aliphatic heterocycles. The third-order valence-corrected chi connectivity index (χ3v) is 5.33. The maximum atomic E-state index is 12.3. The minimum Gasteiger partial charge on any atom is -0.486 e. The predicted octanol–water partition coefficient (Wildman–Crippen LogP) is 1.02. The van der Waals surface area contributed by atoms with E-state index in [1.54, 1.807) is 18.2 Å². The third-order valence-electron chi connectivity index (χ3n) is 3.17. The van der Waals surface area contributed by atoms with Crippen LogP contribution in [0.5, 0.6) is 11.5 Å². The van der Waals surface area contributed by atoms with Crippen LogP contribution in [0.1, 0.15) is 6.42 Å². The molecule has 0 radical (unpaired) electrons. The first-order chi connectivity index (χ1) is 8.68. The lowest BCUT2D eigenvalue weighted by Gasteiger charge is -2.19. The van der Waals surface area contributed by atoms with Crippen LogP contribution in [-0.4, -0.2) is 40.1 Å². The summed E-state index contributed by atoms with van der Waals surface area (Å²) in [7, 11) is -3.33. The van der Waals surface area contributed by atoms with Crippen LogP contribution >= 0.6 is 0 Å². The van der Waals surface area contributed by atoms with Gasteiger partial charge in [0, 0.05) is 12.7 Å². The molecule has 0 aromatic heterocycles. The summed E-state index contributed by atoms with van der Waals surface area (Å²) in [6.07, 6.45) is 0.552. The smallest absolute Gasteiger partial charge is 0.183 e. The largest absolute Gasteiger partial charge is 0.486 e. The maximum absolute atomic E-state index is 12.3. The molecule has 0 N–H and O–H groups in total. The van der Waals surface area contributed by atoms with Gasteiger partial charge in [0.2, 0.25) is 0 Å². The molecular formula is C12H14O5S. The van der Waals surface area contributed by atoms with Gasteiger partial charge in [-0.25, -0.2) is 8.42 Å². The molecule has 0 unspecified atom stereocenters. The highest BCUT2D eigenvalue weighted by molar-refractivity contribution is 7.92. The molecule has 1 aromatic rings. The Morgan fingerprint density at radius 2 is 1.83 bits per heavy atom. The zero-order valence-electron chi connectivity index (χ0n) is 9.79. The van der Waals surface area contributed by atoms with E-state index in [2.05, 4.69) is 0 Å². The van der Waals surface area contributed by atoms with Gasteiger partial charge in [0.05, 0.1) is 16.8 Å². The van der Waals surface area contributed by atoms with Crippen LogP contribution in [0.2, 0.25) is 0 Å². The minimum atomic E-state index is -3.33. The van der Waals surface area contributed by atoms with Crippen molar-refractivity contribution in [1.29, 1.82) is 0 Å². The average Bonchev–Trinajstić information content (AvgIpc) is 2.92. The van der Waals surface area contributed by atoms with Gasteiger partial charge in [-0.3, -0.25) is 0 Å². The van der Waals surface area contributed by atoms with Gasteiger partial charge < -0.3 is 14.2 Å². The number of fused-ring (bicyclic) bond motifs is 1. The lowest BCUT2D eigenvalue weighted by Crippen LogP contribution is -2.22. The molecule has 5 nitrogen and oxygen atoms in total. The third kappa shape index (κ3) is 1.95. The number of rotatable bonds is 2. The fourth-order valence-electron chi connectivity index (χ4n) is 2.15. The standard InChI is InChI=1S/C12H14O5S/c13-18(14,10-3-4-15-8-10)9-1-2-11-12(7-9)17-6-5-16-11/h1-2,7,10H,3-6,8H2/t10-/m0/s1. The Bertz CT molecular complexity index is 546. The molecule has 2 heterocycles. The number of hydrogen-bond acceptors (Lipinski definition) is 5. The summed E-state index contributed by atoms with van der Waals surface area (Å²) < 4.78 is 40.6. The van der Waals surface area contributed by atoms with E-state index in [-0.39, 0.29) is 11.5 Å². The van der Waals surface area contributed by atoms with Crippen molar-refractivity contribution in [2.75, 3.05) is 26.4 Å². The molecule has 0 aliphatic carbocycles. The van der Waals surface area contributed by atoms with E-state index in [4.69, 9.17) is 14.2 Å². The van der Waals surface area contributed by atoms with Crippen LogP contribution in [0.25, 0.3) is 0 Å². The SMILES string of the molecule is O=S(=O)(c1ccc2c(c1)OCCO2)[C@H]1CCOC1. The summed E-state index contributed by atoms with van der Waals surface area (Å²) >= 11 is 0. The Kier molecular flexibility index (Phi) is 2.91. The van der Waals surface area contributed by atoms with Gasteiger partial charge in [-0.05, 0) is 18.6 Å². The van der Waals surface area contributed by atoms with Gasteiger partial charge in [0.1, 0.15) is 13.2 Å². The fraction of sp³-hybridized carbons (Fsp3) is 0.500. The fourth-order valence-corrected chi connectivity index (χ4v) is 3.75. The molecule has 1 aromatic carbocycles. The molecule has 0 spiro atoms. The molecule has 3 rings (SSSR count). The molecule has 18 heavy (non-hydrogen) atoms. The lowest BCUT2D eigenvalue weighted by atomic mass is 10.3. The summed E-state index contributed by atoms with van der Waals surface area (Å²) in [5, 5.41) is -0.444. The lowest BCUT2D eigenvalue weighted by molar-refractivity contribution is 0.171. The van der Waals surface area contributed by atoms with Crippen molar-refractivity contribution in [3.63, 3.8) is 0 Å². The Morgan fingerprint density at radius 3 is 2.56 bits per heavy atom. The molecule has 98 valence electrons. The number of sulfone groups is 1. The summed E-state index contributed by atoms with van der Waals surface area (Å²) in [4.78, 5) is 0.280. The zero-order valence-corrected chi connectivity index (χ0v) is 10.6. The quantitative estimate of drug-likeness (QED) is 0.803. The number of ether oxygens (including phenoxy) is 3.